The summed E-state index contributed by atoms with van der Waals surface area (Å²) >= 11 is 0. The molecule has 0 fully saturated rings. The van der Waals surface area contributed by atoms with E-state index in [0.29, 0.717) is 70.5 Å². The van der Waals surface area contributed by atoms with Crippen molar-refractivity contribution in [1.29, 1.82) is 0 Å². The van der Waals surface area contributed by atoms with Crippen LogP contribution in [0.5, 0.6) is 0 Å². The van der Waals surface area contributed by atoms with Gasteiger partial charge < -0.3 is 52.0 Å². The molecule has 29 heteroatoms. The van der Waals surface area contributed by atoms with Gasteiger partial charge in [0.2, 0.25) is 59.5 Å². The van der Waals surface area contributed by atoms with Gasteiger partial charge in [-0.2, -0.15) is 0 Å². The van der Waals surface area contributed by atoms with E-state index in [1.807, 2.05) is 0 Å². The van der Waals surface area contributed by atoms with Gasteiger partial charge in [0.15, 0.2) is 5.60 Å². The van der Waals surface area contributed by atoms with Crippen molar-refractivity contribution in [3.05, 3.63) is 105 Å². The maximum Gasteiger partial charge on any atom is 0.343 e. The number of anilines is 1. The van der Waals surface area contributed by atoms with E-state index in [0.717, 1.165) is 41.0 Å². The number of carbonyl (C=O) groups is 7. The number of hydrogen-bond acceptors (Lipinski definition) is 20. The smallest absolute Gasteiger partial charge is 0.343 e. The number of carbonyl (C=O) groups excluding carboxylic acids is 7. The Morgan fingerprint density at radius 3 is 1.95 bits per heavy atom. The van der Waals surface area contributed by atoms with Crippen molar-refractivity contribution in [2.24, 2.45) is 11.7 Å². The Hall–Kier alpha value is -8.93. The fraction of sp³-hybridized carbons (Fsp3) is 0.397. The molecular weight excluding hydrogens is 1170 g/mol. The number of benzene rings is 2. The summed E-state index contributed by atoms with van der Waals surface area (Å²) in [5, 5.41) is 27.1. The molecule has 9 N–H and O–H groups in total. The summed E-state index contributed by atoms with van der Waals surface area (Å²) in [7, 11) is -7.51. The second-order valence-electron chi connectivity index (χ2n) is 22.0. The van der Waals surface area contributed by atoms with Crippen molar-refractivity contribution >= 4 is 77.7 Å². The highest BCUT2D eigenvalue weighted by atomic mass is 32.2. The second-order valence-corrected chi connectivity index (χ2v) is 25.8. The molecule has 0 spiro atoms. The van der Waals surface area contributed by atoms with Gasteiger partial charge in [-0.05, 0) is 123 Å². The second kappa shape index (κ2) is 25.2. The minimum Gasteiger partial charge on any atom is -0.458 e. The zero-order chi connectivity index (χ0) is 62.9. The lowest BCUT2D eigenvalue weighted by Crippen LogP contribution is -2.55. The summed E-state index contributed by atoms with van der Waals surface area (Å²) < 4.78 is 55.1. The quantitative estimate of drug-likeness (QED) is 0.0267. The molecule has 27 nitrogen and oxygen atoms in total. The monoisotopic (exact) mass is 1230 g/mol. The molecule has 4 atom stereocenters. The standard InChI is InChI=1S/C58H65N13O14S2/c1-7-58(80)40-20-44-49-38(27-71(44)54(78)39(40)28-85-55(58)79)36-11-10-12-37-41(14-15-42(67-49)47(36)37)68-50(74)30(4)66-53(77)48(29(2)3)70-46(73)26-60-45(72)25-61-52(76)43(13-8-9-16-59)69-51(75)33-18-31(34-21-62-56(63-22-34)86(5,81)82)17-32(19-33)35-23-64-57(65-24-35)87(6,83)84/h14-15,17-24,29-30,43,48,80H,7-13,16,25-28,59H2,1-6H3,(H,60,72)(H,61,76)(H,66,77)(H,68,74)(H,69,75)(H,70,73)/t30-,43-,48-,58-/m0/s1. The molecule has 0 bridgehead atoms. The lowest BCUT2D eigenvalue weighted by atomic mass is 9.85. The summed E-state index contributed by atoms with van der Waals surface area (Å²) in [5.41, 5.74) is 9.92. The van der Waals surface area contributed by atoms with E-state index in [9.17, 15) is 60.3 Å². The van der Waals surface area contributed by atoms with Crippen molar-refractivity contribution in [3.8, 4) is 33.6 Å². The first-order valence-corrected chi connectivity index (χ1v) is 31.8. The van der Waals surface area contributed by atoms with Gasteiger partial charge in [-0.1, -0.05) is 20.8 Å². The number of rotatable bonds is 22. The summed E-state index contributed by atoms with van der Waals surface area (Å²) in [5.74, 6) is -5.56. The molecule has 2 aromatic carbocycles. The summed E-state index contributed by atoms with van der Waals surface area (Å²) in [6.07, 6.45) is 9.84. The zero-order valence-corrected chi connectivity index (χ0v) is 50.0. The van der Waals surface area contributed by atoms with E-state index in [1.165, 1.54) is 43.8 Å². The highest BCUT2D eigenvalue weighted by Crippen LogP contribution is 2.44. The highest BCUT2D eigenvalue weighted by Gasteiger charge is 2.46. The first kappa shape index (κ1) is 62.6. The highest BCUT2D eigenvalue weighted by molar-refractivity contribution is 7.90. The number of ether oxygens (including phenoxy) is 1. The normalized spacial score (nSPS) is 16.1. The maximum absolute atomic E-state index is 14.1. The Labute approximate surface area is 499 Å². The number of cyclic esters (lactones) is 1. The molecule has 4 aromatic heterocycles. The fourth-order valence-electron chi connectivity index (χ4n) is 10.7. The number of pyridine rings is 2. The minimum absolute atomic E-state index is 0.000916. The van der Waals surface area contributed by atoms with Gasteiger partial charge in [-0.15, -0.1) is 0 Å². The van der Waals surface area contributed by atoms with E-state index >= 15 is 0 Å². The zero-order valence-electron chi connectivity index (χ0n) is 48.4. The third-order valence-corrected chi connectivity index (χ3v) is 17.2. The van der Waals surface area contributed by atoms with Gasteiger partial charge in [0.05, 0.1) is 42.1 Å². The average molecular weight is 1230 g/mol. The van der Waals surface area contributed by atoms with Crippen LogP contribution in [0.3, 0.4) is 0 Å². The van der Waals surface area contributed by atoms with Gasteiger partial charge >= 0.3 is 5.97 Å². The van der Waals surface area contributed by atoms with Crippen LogP contribution >= 0.6 is 0 Å². The predicted molar refractivity (Wildman–Crippen MR) is 314 cm³/mol. The van der Waals surface area contributed by atoms with Gasteiger partial charge in [0.1, 0.15) is 24.7 Å². The number of unbranched alkanes of at least 4 members (excludes halogenated alkanes) is 1. The number of amides is 6. The van der Waals surface area contributed by atoms with E-state index in [4.69, 9.17) is 15.5 Å². The number of nitrogens with one attached hydrogen (secondary N) is 6. The molecule has 0 radical (unpaired) electrons. The summed E-state index contributed by atoms with van der Waals surface area (Å²) in [6, 6.07) is 6.20. The SMILES string of the molecule is CC[C@@]1(O)C(=O)OCc2c1cc1n(c2=O)Cc2c-1nc1ccc(NC(=O)[C@H](C)NC(=O)[C@@H](NC(=O)CNC(=O)CNC(=O)[C@H](CCCCN)NC(=O)c3cc(-c4cnc(S(C)(=O)=O)nc4)cc(-c4cnc(S(C)(=O)=O)nc4)c3)C(C)C)c3c1c2CCC3. The van der Waals surface area contributed by atoms with Gasteiger partial charge in [0.25, 0.3) is 11.5 Å². The molecule has 87 heavy (non-hydrogen) atoms. The van der Waals surface area contributed by atoms with Gasteiger partial charge in [-0.3, -0.25) is 33.6 Å². The number of sulfone groups is 2. The van der Waals surface area contributed by atoms with Crippen LogP contribution in [-0.4, -0.2) is 143 Å². The van der Waals surface area contributed by atoms with E-state index in [1.54, 1.807) is 49.6 Å². The van der Waals surface area contributed by atoms with Crippen molar-refractivity contribution in [1.82, 2.24) is 56.1 Å². The van der Waals surface area contributed by atoms with Crippen molar-refractivity contribution < 1.29 is 60.2 Å². The number of fused-ring (bicyclic) bond motifs is 5. The van der Waals surface area contributed by atoms with Crippen LogP contribution in [0.2, 0.25) is 0 Å². The lowest BCUT2D eigenvalue weighted by molar-refractivity contribution is -0.172. The predicted octanol–water partition coefficient (Wildman–Crippen LogP) is 1.03. The number of esters is 1. The third kappa shape index (κ3) is 13.2. The van der Waals surface area contributed by atoms with Crippen molar-refractivity contribution in [3.63, 3.8) is 0 Å². The van der Waals surface area contributed by atoms with Crippen LogP contribution < -0.4 is 43.2 Å². The van der Waals surface area contributed by atoms with E-state index in [-0.39, 0.29) is 54.8 Å². The first-order chi connectivity index (χ1) is 41.2. The average Bonchev–Trinajstić information content (AvgIpc) is 1.80. The summed E-state index contributed by atoms with van der Waals surface area (Å²) in [6.45, 7) is 5.52. The molecule has 6 amide bonds. The number of aromatic nitrogens is 6. The van der Waals surface area contributed by atoms with E-state index in [2.05, 4.69) is 51.8 Å². The van der Waals surface area contributed by atoms with Crippen molar-refractivity contribution in [2.45, 2.75) is 120 Å². The molecule has 0 unspecified atom stereocenters. The Bertz CT molecular complexity index is 4010. The molecule has 0 saturated carbocycles. The number of aryl methyl sites for hydroxylation is 2. The van der Waals surface area contributed by atoms with Crippen LogP contribution in [0.15, 0.2) is 76.3 Å². The van der Waals surface area contributed by atoms with Crippen molar-refractivity contribution in [2.75, 3.05) is 37.5 Å². The Morgan fingerprint density at radius 1 is 0.736 bits per heavy atom. The number of nitrogens with zero attached hydrogens (tertiary/aromatic N) is 6. The number of aliphatic hydroxyl groups is 1. The first-order valence-electron chi connectivity index (χ1n) is 28.0. The molecule has 6 aromatic rings. The molecule has 3 aliphatic rings. The van der Waals surface area contributed by atoms with Crippen LogP contribution in [0, 0.1) is 5.92 Å². The Kier molecular flexibility index (Phi) is 18.1. The van der Waals surface area contributed by atoms with E-state index < -0.39 is 114 Å². The number of hydrogen-bond donors (Lipinski definition) is 8. The topological polar surface area (TPSA) is 402 Å². The minimum atomic E-state index is -3.76. The van der Waals surface area contributed by atoms with Gasteiger partial charge in [-0.25, -0.2) is 46.6 Å². The van der Waals surface area contributed by atoms with Crippen LogP contribution in [-0.2, 0) is 84.8 Å². The molecular formula is C58H65N13O14S2. The Balaban J connectivity index is 0.807. The Morgan fingerprint density at radius 2 is 1.36 bits per heavy atom. The molecule has 0 saturated heterocycles. The fourth-order valence-corrected chi connectivity index (χ4v) is 11.7. The molecule has 1 aliphatic carbocycles. The lowest BCUT2D eigenvalue weighted by Gasteiger charge is -2.31. The largest absolute Gasteiger partial charge is 0.458 e. The maximum atomic E-state index is 14.1. The molecule has 6 heterocycles. The van der Waals surface area contributed by atoms with Crippen LogP contribution in [0.4, 0.5) is 5.69 Å². The number of nitrogens with two attached hydrogens (primary N) is 1. The molecule has 9 rings (SSSR count). The molecule has 2 aliphatic heterocycles. The van der Waals surface area contributed by atoms with Crippen LogP contribution in [0.1, 0.15) is 98.0 Å². The third-order valence-electron chi connectivity index (χ3n) is 15.4. The van der Waals surface area contributed by atoms with Crippen LogP contribution in [0.25, 0.3) is 44.5 Å². The van der Waals surface area contributed by atoms with Gasteiger partial charge in [0, 0.05) is 76.2 Å². The summed E-state index contributed by atoms with van der Waals surface area (Å²) in [4.78, 5) is 129. The molecule has 458 valence electrons.